The summed E-state index contributed by atoms with van der Waals surface area (Å²) in [5.74, 6) is 1.73. The molecule has 30 heavy (non-hydrogen) atoms. The summed E-state index contributed by atoms with van der Waals surface area (Å²) in [6.45, 7) is 4.53. The van der Waals surface area contributed by atoms with Gasteiger partial charge in [-0.1, -0.05) is 30.3 Å². The minimum absolute atomic E-state index is 0.115. The molecule has 5 nitrogen and oxygen atoms in total. The average molecular weight is 397 g/mol. The van der Waals surface area contributed by atoms with Crippen molar-refractivity contribution in [1.82, 2.24) is 9.97 Å². The predicted octanol–water partition coefficient (Wildman–Crippen LogP) is 5.06. The zero-order chi connectivity index (χ0) is 20.9. The quantitative estimate of drug-likeness (QED) is 0.523. The van der Waals surface area contributed by atoms with Crippen LogP contribution in [0.15, 0.2) is 66.7 Å². The van der Waals surface area contributed by atoms with Crippen molar-refractivity contribution >= 4 is 22.6 Å². The van der Waals surface area contributed by atoms with Gasteiger partial charge in [0.25, 0.3) is 0 Å². The number of anilines is 1. The van der Waals surface area contributed by atoms with Gasteiger partial charge in [-0.2, -0.15) is 0 Å². The van der Waals surface area contributed by atoms with E-state index in [1.807, 2.05) is 61.2 Å². The maximum atomic E-state index is 13.2. The minimum Gasteiger partial charge on any atom is -0.497 e. The molecule has 0 unspecified atom stereocenters. The minimum atomic E-state index is -0.586. The van der Waals surface area contributed by atoms with Crippen molar-refractivity contribution in [3.05, 3.63) is 77.9 Å². The number of methoxy groups -OCH3 is 1. The monoisotopic (exact) mass is 397 g/mol. The number of aromatic nitrogens is 2. The van der Waals surface area contributed by atoms with E-state index in [2.05, 4.69) is 29.2 Å². The lowest BCUT2D eigenvalue weighted by Crippen LogP contribution is -2.35. The number of benzene rings is 3. The number of amides is 1. The summed E-state index contributed by atoms with van der Waals surface area (Å²) < 4.78 is 5.24. The van der Waals surface area contributed by atoms with E-state index in [1.54, 1.807) is 7.11 Å². The van der Waals surface area contributed by atoms with Crippen LogP contribution in [0.2, 0.25) is 0 Å². The SMILES string of the molecule is COc1ccc(-c2nc3cc4c(cc3[nH]2)N(Cc2ccccc2)C(=O)C4(C)C)cc1. The predicted molar refractivity (Wildman–Crippen MR) is 119 cm³/mol. The van der Waals surface area contributed by atoms with Gasteiger partial charge in [0.05, 0.1) is 35.8 Å². The number of aromatic amines is 1. The van der Waals surface area contributed by atoms with Gasteiger partial charge in [0.15, 0.2) is 0 Å². The number of rotatable bonds is 4. The molecule has 0 aliphatic carbocycles. The fraction of sp³-hybridized carbons (Fsp3) is 0.200. The van der Waals surface area contributed by atoms with Crippen molar-refractivity contribution in [3.8, 4) is 17.1 Å². The van der Waals surface area contributed by atoms with Gasteiger partial charge in [-0.05, 0) is 61.4 Å². The molecule has 0 radical (unpaired) electrons. The number of nitrogens with one attached hydrogen (secondary N) is 1. The summed E-state index contributed by atoms with van der Waals surface area (Å²) in [4.78, 5) is 23.3. The van der Waals surface area contributed by atoms with Crippen molar-refractivity contribution in [2.45, 2.75) is 25.8 Å². The number of carbonyl (C=O) groups is 1. The fourth-order valence-corrected chi connectivity index (χ4v) is 4.14. The number of nitrogens with zero attached hydrogens (tertiary/aromatic N) is 2. The van der Waals surface area contributed by atoms with Crippen molar-refractivity contribution in [1.29, 1.82) is 0 Å². The van der Waals surface area contributed by atoms with Crippen LogP contribution in [-0.4, -0.2) is 23.0 Å². The van der Waals surface area contributed by atoms with Gasteiger partial charge in [-0.25, -0.2) is 4.98 Å². The zero-order valence-electron chi connectivity index (χ0n) is 17.3. The molecular weight excluding hydrogens is 374 g/mol. The Hall–Kier alpha value is -3.60. The van der Waals surface area contributed by atoms with Crippen LogP contribution in [0.4, 0.5) is 5.69 Å². The van der Waals surface area contributed by atoms with Gasteiger partial charge in [-0.3, -0.25) is 4.79 Å². The second-order valence-electron chi connectivity index (χ2n) is 8.20. The Morgan fingerprint density at radius 2 is 1.77 bits per heavy atom. The number of H-pyrrole nitrogens is 1. The van der Waals surface area contributed by atoms with Crippen molar-refractivity contribution in [2.24, 2.45) is 0 Å². The van der Waals surface area contributed by atoms with Crippen LogP contribution in [0, 0.1) is 0 Å². The largest absolute Gasteiger partial charge is 0.497 e. The Balaban J connectivity index is 1.58. The molecule has 1 N–H and O–H groups in total. The van der Waals surface area contributed by atoms with E-state index < -0.39 is 5.41 Å². The molecule has 0 saturated carbocycles. The average Bonchev–Trinajstić information content (AvgIpc) is 3.26. The Labute approximate surface area is 175 Å². The standard InChI is InChI=1S/C25H23N3O2/c1-25(2)19-13-20-21(27-23(26-20)17-9-11-18(30-3)12-10-17)14-22(19)28(24(25)29)15-16-7-5-4-6-8-16/h4-14H,15H2,1-3H3,(H,26,27). The molecule has 1 aliphatic heterocycles. The summed E-state index contributed by atoms with van der Waals surface area (Å²) in [6, 6.07) is 22.0. The van der Waals surface area contributed by atoms with Crippen LogP contribution in [0.1, 0.15) is 25.0 Å². The van der Waals surface area contributed by atoms with Gasteiger partial charge in [0.1, 0.15) is 11.6 Å². The summed E-state index contributed by atoms with van der Waals surface area (Å²) in [6.07, 6.45) is 0. The number of ether oxygens (including phenoxy) is 1. The maximum Gasteiger partial charge on any atom is 0.237 e. The fourth-order valence-electron chi connectivity index (χ4n) is 4.14. The van der Waals surface area contributed by atoms with E-state index in [-0.39, 0.29) is 5.91 Å². The van der Waals surface area contributed by atoms with Gasteiger partial charge in [0.2, 0.25) is 5.91 Å². The topological polar surface area (TPSA) is 58.2 Å². The van der Waals surface area contributed by atoms with Crippen LogP contribution in [0.5, 0.6) is 5.75 Å². The Morgan fingerprint density at radius 3 is 2.47 bits per heavy atom. The smallest absolute Gasteiger partial charge is 0.237 e. The Bertz CT molecular complexity index is 1240. The normalized spacial score (nSPS) is 14.9. The van der Waals surface area contributed by atoms with Gasteiger partial charge in [0, 0.05) is 5.56 Å². The third-order valence-corrected chi connectivity index (χ3v) is 5.89. The van der Waals surface area contributed by atoms with Gasteiger partial charge >= 0.3 is 0 Å². The lowest BCUT2D eigenvalue weighted by molar-refractivity contribution is -0.122. The molecule has 4 aromatic rings. The molecule has 150 valence electrons. The van der Waals surface area contributed by atoms with E-state index in [9.17, 15) is 4.79 Å². The van der Waals surface area contributed by atoms with Crippen molar-refractivity contribution in [3.63, 3.8) is 0 Å². The zero-order valence-corrected chi connectivity index (χ0v) is 17.3. The Morgan fingerprint density at radius 1 is 1.03 bits per heavy atom. The number of imidazole rings is 1. The van der Waals surface area contributed by atoms with E-state index in [0.717, 1.165) is 45.0 Å². The molecule has 0 saturated heterocycles. The number of carbonyl (C=O) groups excluding carboxylic acids is 1. The third-order valence-electron chi connectivity index (χ3n) is 5.89. The molecule has 1 aliphatic rings. The summed E-state index contributed by atoms with van der Waals surface area (Å²) in [5.41, 5.74) is 5.26. The summed E-state index contributed by atoms with van der Waals surface area (Å²) in [7, 11) is 1.65. The molecule has 5 rings (SSSR count). The number of hydrogen-bond acceptors (Lipinski definition) is 3. The maximum absolute atomic E-state index is 13.2. The van der Waals surface area contributed by atoms with Crippen LogP contribution < -0.4 is 9.64 Å². The summed E-state index contributed by atoms with van der Waals surface area (Å²) >= 11 is 0. The van der Waals surface area contributed by atoms with Crippen LogP contribution in [0.25, 0.3) is 22.4 Å². The first-order valence-electron chi connectivity index (χ1n) is 10.0. The first-order chi connectivity index (χ1) is 14.5. The number of fused-ring (bicyclic) bond motifs is 2. The highest BCUT2D eigenvalue weighted by Gasteiger charge is 2.44. The Kier molecular flexibility index (Phi) is 4.13. The van der Waals surface area contributed by atoms with E-state index in [0.29, 0.717) is 6.54 Å². The number of hydrogen-bond donors (Lipinski definition) is 1. The van der Waals surface area contributed by atoms with Gasteiger partial charge < -0.3 is 14.6 Å². The van der Waals surface area contributed by atoms with Crippen molar-refractivity contribution in [2.75, 3.05) is 12.0 Å². The highest BCUT2D eigenvalue weighted by molar-refractivity contribution is 6.09. The van der Waals surface area contributed by atoms with E-state index in [4.69, 9.17) is 9.72 Å². The molecule has 5 heteroatoms. The van der Waals surface area contributed by atoms with E-state index >= 15 is 0 Å². The molecule has 1 amide bonds. The van der Waals surface area contributed by atoms with Gasteiger partial charge in [-0.15, -0.1) is 0 Å². The third kappa shape index (κ3) is 2.86. The highest BCUT2D eigenvalue weighted by atomic mass is 16.5. The summed E-state index contributed by atoms with van der Waals surface area (Å²) in [5, 5.41) is 0. The molecule has 0 fully saturated rings. The molecular formula is C25H23N3O2. The highest BCUT2D eigenvalue weighted by Crippen LogP contribution is 2.44. The molecule has 1 aromatic heterocycles. The molecule has 0 spiro atoms. The van der Waals surface area contributed by atoms with Crippen LogP contribution in [0.3, 0.4) is 0 Å². The molecule has 3 aromatic carbocycles. The van der Waals surface area contributed by atoms with E-state index in [1.165, 1.54) is 0 Å². The first kappa shape index (κ1) is 18.4. The first-order valence-corrected chi connectivity index (χ1v) is 10.0. The van der Waals surface area contributed by atoms with Crippen molar-refractivity contribution < 1.29 is 9.53 Å². The molecule has 0 atom stereocenters. The molecule has 2 heterocycles. The molecule has 0 bridgehead atoms. The lowest BCUT2D eigenvalue weighted by Gasteiger charge is -2.20. The van der Waals surface area contributed by atoms with Crippen LogP contribution in [-0.2, 0) is 16.8 Å². The van der Waals surface area contributed by atoms with Crippen LogP contribution >= 0.6 is 0 Å². The lowest BCUT2D eigenvalue weighted by atomic mass is 9.86. The second kappa shape index (κ2) is 6.73. The second-order valence-corrected chi connectivity index (χ2v) is 8.20.